The third-order valence-corrected chi connectivity index (χ3v) is 3.69. The highest BCUT2D eigenvalue weighted by Gasteiger charge is 2.20. The van der Waals surface area contributed by atoms with Gasteiger partial charge in [0.25, 0.3) is 11.6 Å². The molecule has 1 aliphatic rings. The second-order valence-electron chi connectivity index (χ2n) is 3.97. The molecule has 1 aliphatic heterocycles. The molecule has 5 nitrogen and oxygen atoms in total. The second-order valence-corrected chi connectivity index (χ2v) is 5.69. The summed E-state index contributed by atoms with van der Waals surface area (Å²) < 4.78 is 0.459. The Labute approximate surface area is 130 Å². The molecule has 0 bridgehead atoms. The van der Waals surface area contributed by atoms with Crippen LogP contribution in [0.15, 0.2) is 53.5 Å². The standard InChI is InChI=1S/C14H10N2O3S2/c17-13-12(21-14(20)15-13)5-3-1-2-4-10-6-8-11(9-7-10)16(18)19/h1-9H,(H,15,17,20)/b3-1+,4-2+,12-5+. The molecule has 7 heteroatoms. The van der Waals surface area contributed by atoms with Gasteiger partial charge in [-0.15, -0.1) is 0 Å². The Morgan fingerprint density at radius 2 is 1.90 bits per heavy atom. The zero-order valence-electron chi connectivity index (χ0n) is 10.7. The van der Waals surface area contributed by atoms with E-state index < -0.39 is 4.92 Å². The fourth-order valence-electron chi connectivity index (χ4n) is 1.52. The Morgan fingerprint density at radius 1 is 1.19 bits per heavy atom. The van der Waals surface area contributed by atoms with Crippen molar-refractivity contribution in [2.75, 3.05) is 0 Å². The quantitative estimate of drug-likeness (QED) is 0.303. The molecule has 2 rings (SSSR count). The maximum Gasteiger partial charge on any atom is 0.269 e. The number of nitro benzene ring substituents is 1. The van der Waals surface area contributed by atoms with Gasteiger partial charge in [-0.05, 0) is 23.8 Å². The van der Waals surface area contributed by atoms with E-state index in [9.17, 15) is 14.9 Å². The zero-order valence-corrected chi connectivity index (χ0v) is 12.3. The highest BCUT2D eigenvalue weighted by Crippen LogP contribution is 2.23. The Bertz CT molecular complexity index is 676. The number of thioether (sulfide) groups is 1. The monoisotopic (exact) mass is 318 g/mol. The predicted molar refractivity (Wildman–Crippen MR) is 87.7 cm³/mol. The molecule has 21 heavy (non-hydrogen) atoms. The first kappa shape index (κ1) is 15.1. The average Bonchev–Trinajstić information content (AvgIpc) is 2.77. The number of benzene rings is 1. The van der Waals surface area contributed by atoms with Gasteiger partial charge in [0.15, 0.2) is 0 Å². The van der Waals surface area contributed by atoms with E-state index in [1.165, 1.54) is 23.9 Å². The highest BCUT2D eigenvalue weighted by atomic mass is 32.2. The van der Waals surface area contributed by atoms with Crippen LogP contribution in [-0.4, -0.2) is 15.2 Å². The van der Waals surface area contributed by atoms with Gasteiger partial charge < -0.3 is 5.32 Å². The van der Waals surface area contributed by atoms with Crippen molar-refractivity contribution in [1.29, 1.82) is 0 Å². The minimum Gasteiger partial charge on any atom is -0.307 e. The molecule has 1 N–H and O–H groups in total. The van der Waals surface area contributed by atoms with Gasteiger partial charge in [0.1, 0.15) is 4.32 Å². The third kappa shape index (κ3) is 4.37. The van der Waals surface area contributed by atoms with Crippen LogP contribution in [0.5, 0.6) is 0 Å². The molecule has 1 fully saturated rings. The van der Waals surface area contributed by atoms with Crippen LogP contribution in [0.25, 0.3) is 6.08 Å². The first-order chi connectivity index (χ1) is 10.1. The topological polar surface area (TPSA) is 72.2 Å². The van der Waals surface area contributed by atoms with Gasteiger partial charge in [-0.2, -0.15) is 0 Å². The Morgan fingerprint density at radius 3 is 2.48 bits per heavy atom. The number of nitro groups is 1. The van der Waals surface area contributed by atoms with Gasteiger partial charge >= 0.3 is 0 Å². The van der Waals surface area contributed by atoms with Crippen LogP contribution < -0.4 is 5.32 Å². The first-order valence-electron chi connectivity index (χ1n) is 5.89. The summed E-state index contributed by atoms with van der Waals surface area (Å²) >= 11 is 6.10. The normalized spacial score (nSPS) is 17.0. The van der Waals surface area contributed by atoms with Crippen molar-refractivity contribution in [3.8, 4) is 0 Å². The third-order valence-electron chi connectivity index (χ3n) is 2.50. The van der Waals surface area contributed by atoms with Crippen LogP contribution >= 0.6 is 24.0 Å². The van der Waals surface area contributed by atoms with Crippen LogP contribution in [0.2, 0.25) is 0 Å². The summed E-state index contributed by atoms with van der Waals surface area (Å²) in [5.74, 6) is -0.186. The van der Waals surface area contributed by atoms with Crippen LogP contribution in [0, 0.1) is 10.1 Å². The number of hydrogen-bond donors (Lipinski definition) is 1. The number of carbonyl (C=O) groups is 1. The van der Waals surface area contributed by atoms with Gasteiger partial charge in [0.05, 0.1) is 9.83 Å². The molecule has 106 valence electrons. The Kier molecular flexibility index (Phi) is 5.02. The van der Waals surface area contributed by atoms with Crippen LogP contribution in [0.4, 0.5) is 5.69 Å². The largest absolute Gasteiger partial charge is 0.307 e. The fourth-order valence-corrected chi connectivity index (χ4v) is 2.51. The molecule has 1 aromatic rings. The number of amides is 1. The van der Waals surface area contributed by atoms with Crippen molar-refractivity contribution < 1.29 is 9.72 Å². The predicted octanol–water partition coefficient (Wildman–Crippen LogP) is 3.20. The number of non-ortho nitro benzene ring substituents is 1. The molecule has 0 aliphatic carbocycles. The van der Waals surface area contributed by atoms with E-state index >= 15 is 0 Å². The van der Waals surface area contributed by atoms with Crippen molar-refractivity contribution in [2.24, 2.45) is 0 Å². The lowest BCUT2D eigenvalue weighted by Gasteiger charge is -1.92. The average molecular weight is 318 g/mol. The summed E-state index contributed by atoms with van der Waals surface area (Å²) in [6, 6.07) is 6.23. The molecule has 0 spiro atoms. The van der Waals surface area contributed by atoms with Crippen LogP contribution in [0.3, 0.4) is 0 Å². The van der Waals surface area contributed by atoms with Crippen molar-refractivity contribution in [2.45, 2.75) is 0 Å². The van der Waals surface area contributed by atoms with E-state index in [2.05, 4.69) is 5.32 Å². The molecule has 1 aromatic carbocycles. The summed E-state index contributed by atoms with van der Waals surface area (Å²) in [4.78, 5) is 22.0. The van der Waals surface area contributed by atoms with Gasteiger partial charge in [-0.3, -0.25) is 14.9 Å². The van der Waals surface area contributed by atoms with E-state index in [0.717, 1.165) is 5.56 Å². The van der Waals surface area contributed by atoms with E-state index in [1.807, 2.05) is 6.08 Å². The van der Waals surface area contributed by atoms with Crippen LogP contribution in [-0.2, 0) is 4.79 Å². The second kappa shape index (κ2) is 6.96. The number of carbonyl (C=O) groups excluding carboxylic acids is 1. The first-order valence-corrected chi connectivity index (χ1v) is 7.11. The lowest BCUT2D eigenvalue weighted by molar-refractivity contribution is -0.384. The van der Waals surface area contributed by atoms with E-state index in [1.54, 1.807) is 36.4 Å². The van der Waals surface area contributed by atoms with Gasteiger partial charge in [-0.25, -0.2) is 0 Å². The number of nitrogens with zero attached hydrogens (tertiary/aromatic N) is 1. The van der Waals surface area contributed by atoms with Crippen LogP contribution in [0.1, 0.15) is 5.56 Å². The highest BCUT2D eigenvalue weighted by molar-refractivity contribution is 8.26. The maximum atomic E-state index is 11.4. The zero-order chi connectivity index (χ0) is 15.2. The number of rotatable bonds is 4. The number of allylic oxidation sites excluding steroid dienone is 4. The van der Waals surface area contributed by atoms with Gasteiger partial charge in [0.2, 0.25) is 0 Å². The number of hydrogen-bond acceptors (Lipinski definition) is 5. The Hall–Kier alpha value is -2.25. The molecule has 0 saturated carbocycles. The minimum absolute atomic E-state index is 0.0627. The molecular formula is C14H10N2O3S2. The SMILES string of the molecule is O=C1NC(=S)S/C1=C/C=C/C=C/c1ccc([N+](=O)[O-])cc1. The molecule has 1 amide bonds. The number of nitrogens with one attached hydrogen (secondary N) is 1. The molecular weight excluding hydrogens is 308 g/mol. The van der Waals surface area contributed by atoms with Crippen molar-refractivity contribution >= 4 is 46.0 Å². The lowest BCUT2D eigenvalue weighted by atomic mass is 10.2. The van der Waals surface area contributed by atoms with E-state index in [-0.39, 0.29) is 11.6 Å². The van der Waals surface area contributed by atoms with Crippen molar-refractivity contribution in [1.82, 2.24) is 5.32 Å². The molecule has 0 aromatic heterocycles. The van der Waals surface area contributed by atoms with Gasteiger partial charge in [-0.1, -0.05) is 48.3 Å². The molecule has 0 radical (unpaired) electrons. The molecule has 1 heterocycles. The fraction of sp³-hybridized carbons (Fsp3) is 0. The summed E-state index contributed by atoms with van der Waals surface area (Å²) in [6.45, 7) is 0. The molecule has 0 atom stereocenters. The van der Waals surface area contributed by atoms with Crippen molar-refractivity contribution in [3.63, 3.8) is 0 Å². The molecule has 0 unspecified atom stereocenters. The van der Waals surface area contributed by atoms with Crippen molar-refractivity contribution in [3.05, 3.63) is 69.2 Å². The maximum absolute atomic E-state index is 11.4. The lowest BCUT2D eigenvalue weighted by Crippen LogP contribution is -2.17. The number of thiocarbonyl (C=S) groups is 1. The summed E-state index contributed by atoms with van der Waals surface area (Å²) in [5, 5.41) is 13.0. The molecule has 1 saturated heterocycles. The minimum atomic E-state index is -0.436. The summed E-state index contributed by atoms with van der Waals surface area (Å²) in [7, 11) is 0. The smallest absolute Gasteiger partial charge is 0.269 e. The summed E-state index contributed by atoms with van der Waals surface area (Å²) in [6.07, 6.45) is 8.78. The van der Waals surface area contributed by atoms with E-state index in [4.69, 9.17) is 12.2 Å². The Balaban J connectivity index is 1.94. The van der Waals surface area contributed by atoms with E-state index in [0.29, 0.717) is 9.23 Å². The van der Waals surface area contributed by atoms with Gasteiger partial charge in [0, 0.05) is 12.1 Å². The summed E-state index contributed by atoms with van der Waals surface area (Å²) in [5.41, 5.74) is 0.916.